The summed E-state index contributed by atoms with van der Waals surface area (Å²) in [6.45, 7) is 0. The number of allylic oxidation sites excluding steroid dienone is 6. The molecule has 0 aromatic heterocycles. The van der Waals surface area contributed by atoms with Crippen LogP contribution in [-0.2, 0) is 4.74 Å². The summed E-state index contributed by atoms with van der Waals surface area (Å²) in [6.07, 6.45) is 16.0. The number of aliphatic hydroxyl groups is 2. The first-order valence-corrected chi connectivity index (χ1v) is 12.1. The first-order chi connectivity index (χ1) is 15.0. The minimum Gasteiger partial charge on any atom is -0.512 e. The average molecular weight is 448 g/mol. The second-order valence-corrected chi connectivity index (χ2v) is 10.0. The summed E-state index contributed by atoms with van der Waals surface area (Å²) in [5.41, 5.74) is 2.85. The number of rotatable bonds is 3. The lowest BCUT2D eigenvalue weighted by Crippen LogP contribution is -2.71. The highest BCUT2D eigenvalue weighted by Crippen LogP contribution is 2.48. The first-order valence-electron chi connectivity index (χ1n) is 11.6. The van der Waals surface area contributed by atoms with Gasteiger partial charge in [-0.25, -0.2) is 0 Å². The Kier molecular flexibility index (Phi) is 6.30. The van der Waals surface area contributed by atoms with E-state index in [0.29, 0.717) is 24.2 Å². The molecule has 9 atom stereocenters. The number of aliphatic hydroxyl groups excluding tert-OH is 2. The first kappa shape index (κ1) is 21.7. The lowest BCUT2D eigenvalue weighted by molar-refractivity contribution is -0.00828. The van der Waals surface area contributed by atoms with Crippen molar-refractivity contribution in [1.82, 2.24) is 16.0 Å². The molecule has 9 unspecified atom stereocenters. The lowest BCUT2D eigenvalue weighted by atomic mass is 9.63. The van der Waals surface area contributed by atoms with Crippen molar-refractivity contribution in [3.8, 4) is 0 Å². The van der Waals surface area contributed by atoms with Gasteiger partial charge in [0.1, 0.15) is 5.62 Å². The van der Waals surface area contributed by atoms with Crippen LogP contribution in [0.15, 0.2) is 47.3 Å². The topological polar surface area (TPSA) is 85.8 Å². The molecule has 1 fully saturated rings. The summed E-state index contributed by atoms with van der Waals surface area (Å²) in [6, 6.07) is 0. The minimum atomic E-state index is -0.716. The smallest absolute Gasteiger partial charge is 0.137 e. The van der Waals surface area contributed by atoms with Gasteiger partial charge in [-0.15, -0.1) is 0 Å². The Labute approximate surface area is 189 Å². The van der Waals surface area contributed by atoms with E-state index in [-0.39, 0.29) is 24.2 Å². The van der Waals surface area contributed by atoms with Crippen LogP contribution in [0.3, 0.4) is 0 Å². The van der Waals surface area contributed by atoms with Gasteiger partial charge in [-0.2, -0.15) is 0 Å². The molecular weight excluding hydrogens is 414 g/mol. The summed E-state index contributed by atoms with van der Waals surface area (Å²) >= 11 is 6.59. The van der Waals surface area contributed by atoms with Crippen molar-refractivity contribution in [2.24, 2.45) is 23.7 Å². The molecule has 5 rings (SSSR count). The number of halogens is 1. The van der Waals surface area contributed by atoms with Gasteiger partial charge in [0.15, 0.2) is 0 Å². The Morgan fingerprint density at radius 3 is 2.65 bits per heavy atom. The molecule has 0 spiro atoms. The maximum absolute atomic E-state index is 10.8. The van der Waals surface area contributed by atoms with Gasteiger partial charge < -0.3 is 14.9 Å². The second kappa shape index (κ2) is 9.00. The molecule has 1 heterocycles. The van der Waals surface area contributed by atoms with Crippen molar-refractivity contribution < 1.29 is 14.9 Å². The maximum atomic E-state index is 10.8. The quantitative estimate of drug-likeness (QED) is 0.260. The second-order valence-electron chi connectivity index (χ2n) is 9.59. The predicted octanol–water partition coefficient (Wildman–Crippen LogP) is 3.03. The number of fused-ring (bicyclic) bond motifs is 2. The van der Waals surface area contributed by atoms with Gasteiger partial charge in [0.05, 0.1) is 36.2 Å². The zero-order chi connectivity index (χ0) is 21.5. The molecule has 1 saturated heterocycles. The molecular formula is C24H34ClN3O3. The number of hydrogen-bond acceptors (Lipinski definition) is 6. The number of ether oxygens (including phenoxy) is 1. The van der Waals surface area contributed by atoms with Crippen LogP contribution in [0.5, 0.6) is 0 Å². The van der Waals surface area contributed by atoms with Crippen molar-refractivity contribution in [1.29, 1.82) is 0 Å². The van der Waals surface area contributed by atoms with Crippen molar-refractivity contribution in [3.63, 3.8) is 0 Å². The highest BCUT2D eigenvalue weighted by molar-refractivity contribution is 6.20. The van der Waals surface area contributed by atoms with Crippen molar-refractivity contribution in [2.75, 3.05) is 7.11 Å². The van der Waals surface area contributed by atoms with Gasteiger partial charge in [-0.1, -0.05) is 47.1 Å². The van der Waals surface area contributed by atoms with Crippen LogP contribution in [0.1, 0.15) is 38.5 Å². The van der Waals surface area contributed by atoms with E-state index in [9.17, 15) is 10.2 Å². The molecule has 1 aliphatic heterocycles. The number of nitrogens with one attached hydrogen (secondary N) is 3. The highest BCUT2D eigenvalue weighted by atomic mass is 35.5. The van der Waals surface area contributed by atoms with Crippen LogP contribution >= 0.6 is 11.6 Å². The molecule has 31 heavy (non-hydrogen) atoms. The van der Waals surface area contributed by atoms with Gasteiger partial charge in [-0.3, -0.25) is 16.0 Å². The van der Waals surface area contributed by atoms with E-state index >= 15 is 0 Å². The summed E-state index contributed by atoms with van der Waals surface area (Å²) in [5.74, 6) is 0.934. The number of alkyl halides is 1. The summed E-state index contributed by atoms with van der Waals surface area (Å²) in [4.78, 5) is 0. The lowest BCUT2D eigenvalue weighted by Gasteiger charge is -2.49. The predicted molar refractivity (Wildman–Crippen MR) is 121 cm³/mol. The maximum Gasteiger partial charge on any atom is 0.137 e. The standard InChI is InChI=1S/C24H34ClN3O3/c1-31-14-11-19(29)21(20(30)12-14)23-26-22(27-24(25)28-23)18-10-13-6-2-3-7-15(13)16-8-4-5-9-17(16)18/h4-5,8-9,11,14,16-18,20-24,26-30H,2-3,6-7,10,12H2,1H3. The monoisotopic (exact) mass is 447 g/mol. The van der Waals surface area contributed by atoms with Crippen LogP contribution in [0.2, 0.25) is 0 Å². The zero-order valence-electron chi connectivity index (χ0n) is 18.0. The highest BCUT2D eigenvalue weighted by Gasteiger charge is 2.46. The minimum absolute atomic E-state index is 0.0199. The van der Waals surface area contributed by atoms with Crippen molar-refractivity contribution >= 4 is 11.6 Å². The van der Waals surface area contributed by atoms with Gasteiger partial charge >= 0.3 is 0 Å². The molecule has 0 bridgehead atoms. The van der Waals surface area contributed by atoms with E-state index < -0.39 is 17.6 Å². The van der Waals surface area contributed by atoms with Gasteiger partial charge in [-0.05, 0) is 50.0 Å². The van der Waals surface area contributed by atoms with Gasteiger partial charge in [0, 0.05) is 19.4 Å². The molecule has 5 N–H and O–H groups in total. The molecule has 0 saturated carbocycles. The molecule has 7 heteroatoms. The average Bonchev–Trinajstić information content (AvgIpc) is 2.77. The number of methoxy groups -OCH3 is 1. The van der Waals surface area contributed by atoms with Crippen molar-refractivity contribution in [3.05, 3.63) is 47.3 Å². The van der Waals surface area contributed by atoms with E-state index in [4.69, 9.17) is 16.3 Å². The molecule has 0 radical (unpaired) electrons. The molecule has 5 aliphatic rings. The Bertz CT molecular complexity index is 810. The Hall–Kier alpha value is -1.15. The third-order valence-corrected chi connectivity index (χ3v) is 8.12. The fourth-order valence-electron chi connectivity index (χ4n) is 6.39. The van der Waals surface area contributed by atoms with Crippen LogP contribution in [0, 0.1) is 23.7 Å². The van der Waals surface area contributed by atoms with E-state index in [0.717, 1.165) is 6.42 Å². The molecule has 0 aromatic carbocycles. The van der Waals surface area contributed by atoms with Gasteiger partial charge in [0.2, 0.25) is 0 Å². The van der Waals surface area contributed by atoms with E-state index in [2.05, 4.69) is 40.3 Å². The summed E-state index contributed by atoms with van der Waals surface area (Å²) in [5, 5.41) is 31.9. The SMILES string of the molecule is COC1C=C(O)C(C2NC(Cl)NC(C3CC4=C(CCCC4)C4C=CC=CC43)N2)C(O)C1. The largest absolute Gasteiger partial charge is 0.512 e. The molecule has 6 nitrogen and oxygen atoms in total. The normalized spacial score (nSPS) is 45.1. The Morgan fingerprint density at radius 1 is 1.06 bits per heavy atom. The van der Waals surface area contributed by atoms with Crippen LogP contribution in [0.4, 0.5) is 0 Å². The van der Waals surface area contributed by atoms with Crippen LogP contribution in [-0.4, -0.2) is 47.5 Å². The zero-order valence-corrected chi connectivity index (χ0v) is 18.8. The van der Waals surface area contributed by atoms with Gasteiger partial charge in [0.25, 0.3) is 0 Å². The third-order valence-electron chi connectivity index (χ3n) is 7.87. The van der Waals surface area contributed by atoms with E-state index in [1.54, 1.807) is 24.3 Å². The van der Waals surface area contributed by atoms with E-state index in [1.165, 1.54) is 25.7 Å². The number of hydrogen-bond donors (Lipinski definition) is 5. The molecule has 0 aromatic rings. The van der Waals surface area contributed by atoms with Crippen LogP contribution in [0.25, 0.3) is 0 Å². The fraction of sp³-hybridized carbons (Fsp3) is 0.667. The third kappa shape index (κ3) is 4.14. The Morgan fingerprint density at radius 2 is 1.84 bits per heavy atom. The fourth-order valence-corrected chi connectivity index (χ4v) is 6.66. The Balaban J connectivity index is 1.40. The molecule has 0 amide bonds. The molecule has 4 aliphatic carbocycles. The van der Waals surface area contributed by atoms with E-state index in [1.807, 2.05) is 0 Å². The summed E-state index contributed by atoms with van der Waals surface area (Å²) in [7, 11) is 1.59. The van der Waals surface area contributed by atoms with Crippen molar-refractivity contribution in [2.45, 2.75) is 68.7 Å². The molecule has 170 valence electrons. The summed E-state index contributed by atoms with van der Waals surface area (Å²) < 4.78 is 5.32. The van der Waals surface area contributed by atoms with Crippen LogP contribution < -0.4 is 16.0 Å².